The van der Waals surface area contributed by atoms with Gasteiger partial charge in [0.05, 0.1) is 22.8 Å². The Labute approximate surface area is 215 Å². The van der Waals surface area contributed by atoms with Crippen LogP contribution in [0, 0.1) is 0 Å². The molecule has 1 saturated heterocycles. The SMILES string of the molecule is CC1CN(c2cccc(C(=O)N3CCc4cc(C(=O)NC5CC5)sc4-c4ccccc43)n2)CC(C)O1. The van der Waals surface area contributed by atoms with Gasteiger partial charge < -0.3 is 19.9 Å². The Bertz CT molecular complexity index is 1310. The number of morpholine rings is 1. The van der Waals surface area contributed by atoms with Crippen LogP contribution in [0.25, 0.3) is 10.4 Å². The number of carbonyl (C=O) groups is 2. The van der Waals surface area contributed by atoms with Crippen LogP contribution in [0.2, 0.25) is 0 Å². The van der Waals surface area contributed by atoms with Gasteiger partial charge >= 0.3 is 0 Å². The predicted octanol–water partition coefficient (Wildman–Crippen LogP) is 4.52. The summed E-state index contributed by atoms with van der Waals surface area (Å²) < 4.78 is 5.86. The number of hydrogen-bond donors (Lipinski definition) is 1. The maximum absolute atomic E-state index is 13.8. The Balaban J connectivity index is 1.29. The fourth-order valence-electron chi connectivity index (χ4n) is 5.12. The molecule has 0 bridgehead atoms. The number of carbonyl (C=O) groups excluding carboxylic acids is 2. The van der Waals surface area contributed by atoms with Crippen LogP contribution in [0.4, 0.5) is 11.5 Å². The molecule has 1 saturated carbocycles. The number of nitrogens with one attached hydrogen (secondary N) is 1. The Kier molecular flexibility index (Phi) is 6.01. The van der Waals surface area contributed by atoms with Gasteiger partial charge in [-0.2, -0.15) is 0 Å². The third-order valence-corrected chi connectivity index (χ3v) is 8.14. The van der Waals surface area contributed by atoms with Crippen molar-refractivity contribution in [2.24, 2.45) is 0 Å². The highest BCUT2D eigenvalue weighted by Gasteiger charge is 2.30. The second-order valence-electron chi connectivity index (χ2n) is 9.98. The maximum atomic E-state index is 13.8. The summed E-state index contributed by atoms with van der Waals surface area (Å²) in [5.41, 5.74) is 3.39. The van der Waals surface area contributed by atoms with E-state index in [1.165, 1.54) is 11.3 Å². The average Bonchev–Trinajstić information content (AvgIpc) is 3.62. The van der Waals surface area contributed by atoms with Gasteiger partial charge in [0.25, 0.3) is 11.8 Å². The Morgan fingerprint density at radius 2 is 1.83 bits per heavy atom. The lowest BCUT2D eigenvalue weighted by atomic mass is 10.1. The number of ether oxygens (including phenoxy) is 1. The smallest absolute Gasteiger partial charge is 0.276 e. The summed E-state index contributed by atoms with van der Waals surface area (Å²) in [5, 5.41) is 3.09. The maximum Gasteiger partial charge on any atom is 0.276 e. The van der Waals surface area contributed by atoms with Crippen molar-refractivity contribution in [3.05, 3.63) is 64.7 Å². The summed E-state index contributed by atoms with van der Waals surface area (Å²) in [5.74, 6) is 0.700. The zero-order valence-corrected chi connectivity index (χ0v) is 21.4. The molecule has 2 atom stereocenters. The minimum Gasteiger partial charge on any atom is -0.372 e. The normalized spacial score (nSPS) is 21.4. The van der Waals surface area contributed by atoms with Gasteiger partial charge in [-0.3, -0.25) is 9.59 Å². The molecule has 0 spiro atoms. The largest absolute Gasteiger partial charge is 0.372 e. The van der Waals surface area contributed by atoms with Crippen molar-refractivity contribution in [3.63, 3.8) is 0 Å². The Hall–Kier alpha value is -3.23. The van der Waals surface area contributed by atoms with Crippen molar-refractivity contribution in [2.45, 2.75) is 51.4 Å². The number of anilines is 2. The molecule has 2 unspecified atom stereocenters. The van der Waals surface area contributed by atoms with Gasteiger partial charge in [-0.1, -0.05) is 24.3 Å². The van der Waals surface area contributed by atoms with E-state index in [2.05, 4.69) is 24.1 Å². The summed E-state index contributed by atoms with van der Waals surface area (Å²) in [7, 11) is 0. The van der Waals surface area contributed by atoms with Crippen LogP contribution in [0.15, 0.2) is 48.5 Å². The number of para-hydroxylation sites is 1. The molecule has 1 aliphatic carbocycles. The summed E-state index contributed by atoms with van der Waals surface area (Å²) in [6.45, 7) is 6.15. The zero-order chi connectivity index (χ0) is 24.8. The number of thiophene rings is 1. The molecule has 6 rings (SSSR count). The van der Waals surface area contributed by atoms with E-state index < -0.39 is 0 Å². The van der Waals surface area contributed by atoms with Crippen LogP contribution in [0.5, 0.6) is 0 Å². The molecule has 2 fully saturated rings. The molecule has 3 aliphatic rings. The molecule has 2 aromatic heterocycles. The number of pyridine rings is 1. The molecule has 2 aliphatic heterocycles. The average molecular weight is 503 g/mol. The Morgan fingerprint density at radius 1 is 1.06 bits per heavy atom. The van der Waals surface area contributed by atoms with Gasteiger partial charge in [0.15, 0.2) is 0 Å². The lowest BCUT2D eigenvalue weighted by Gasteiger charge is -2.36. The van der Waals surface area contributed by atoms with Crippen LogP contribution in [-0.4, -0.2) is 54.7 Å². The predicted molar refractivity (Wildman–Crippen MR) is 142 cm³/mol. The summed E-state index contributed by atoms with van der Waals surface area (Å²) in [4.78, 5) is 37.1. The lowest BCUT2D eigenvalue weighted by molar-refractivity contribution is -0.00546. The second-order valence-corrected chi connectivity index (χ2v) is 11.0. The van der Waals surface area contributed by atoms with E-state index in [0.29, 0.717) is 24.7 Å². The monoisotopic (exact) mass is 502 g/mol. The summed E-state index contributed by atoms with van der Waals surface area (Å²) in [6.07, 6.45) is 3.04. The first-order valence-electron chi connectivity index (χ1n) is 12.7. The lowest BCUT2D eigenvalue weighted by Crippen LogP contribution is -2.46. The van der Waals surface area contributed by atoms with Crippen molar-refractivity contribution in [3.8, 4) is 10.4 Å². The third-order valence-electron chi connectivity index (χ3n) is 6.93. The highest BCUT2D eigenvalue weighted by molar-refractivity contribution is 7.17. The topological polar surface area (TPSA) is 74.8 Å². The first kappa shape index (κ1) is 23.2. The molecule has 2 amide bonds. The minimum absolute atomic E-state index is 0.00810. The quantitative estimate of drug-likeness (QED) is 0.568. The Morgan fingerprint density at radius 3 is 2.61 bits per heavy atom. The highest BCUT2D eigenvalue weighted by Crippen LogP contribution is 2.42. The van der Waals surface area contributed by atoms with Crippen LogP contribution in [0.3, 0.4) is 0 Å². The van der Waals surface area contributed by atoms with E-state index in [0.717, 1.165) is 58.3 Å². The van der Waals surface area contributed by atoms with Gasteiger partial charge in [-0.15, -0.1) is 11.3 Å². The fraction of sp³-hybridized carbons (Fsp3) is 0.393. The van der Waals surface area contributed by atoms with Gasteiger partial charge in [0, 0.05) is 36.1 Å². The van der Waals surface area contributed by atoms with Crippen molar-refractivity contribution in [1.29, 1.82) is 0 Å². The summed E-state index contributed by atoms with van der Waals surface area (Å²) in [6, 6.07) is 16.0. The number of benzene rings is 1. The minimum atomic E-state index is -0.111. The molecule has 0 radical (unpaired) electrons. The number of rotatable bonds is 4. The van der Waals surface area contributed by atoms with Gasteiger partial charge in [-0.25, -0.2) is 4.98 Å². The van der Waals surface area contributed by atoms with Gasteiger partial charge in [0.2, 0.25) is 0 Å². The molecule has 36 heavy (non-hydrogen) atoms. The highest BCUT2D eigenvalue weighted by atomic mass is 32.1. The second kappa shape index (κ2) is 9.33. The van der Waals surface area contributed by atoms with Crippen LogP contribution >= 0.6 is 11.3 Å². The van der Waals surface area contributed by atoms with Crippen LogP contribution in [-0.2, 0) is 11.2 Å². The number of fused-ring (bicyclic) bond motifs is 3. The van der Waals surface area contributed by atoms with E-state index in [1.807, 2.05) is 47.4 Å². The third kappa shape index (κ3) is 4.51. The van der Waals surface area contributed by atoms with Crippen molar-refractivity contribution < 1.29 is 14.3 Å². The molecule has 1 N–H and O–H groups in total. The number of hydrogen-bond acceptors (Lipinski definition) is 6. The first-order valence-corrected chi connectivity index (χ1v) is 13.5. The first-order chi connectivity index (χ1) is 17.5. The van der Waals surface area contributed by atoms with E-state index >= 15 is 0 Å². The molecule has 4 heterocycles. The van der Waals surface area contributed by atoms with E-state index in [1.54, 1.807) is 6.07 Å². The van der Waals surface area contributed by atoms with E-state index in [9.17, 15) is 9.59 Å². The molecule has 7 nitrogen and oxygen atoms in total. The molecule has 186 valence electrons. The standard InChI is InChI=1S/C28H30N4O3S/c1-17-15-31(16-18(2)35-17)25-9-5-7-22(30-25)28(34)32-13-12-19-14-24(27(33)29-20-10-11-20)36-26(19)21-6-3-4-8-23(21)32/h3-9,14,17-18,20H,10-13,15-16H2,1-2H3,(H,29,33). The van der Waals surface area contributed by atoms with Crippen molar-refractivity contribution >= 4 is 34.7 Å². The van der Waals surface area contributed by atoms with Gasteiger partial charge in [0.1, 0.15) is 11.5 Å². The van der Waals surface area contributed by atoms with E-state index in [4.69, 9.17) is 9.72 Å². The molecule has 8 heteroatoms. The molecular formula is C28H30N4O3S. The number of nitrogens with zero attached hydrogens (tertiary/aromatic N) is 3. The summed E-state index contributed by atoms with van der Waals surface area (Å²) >= 11 is 1.52. The van der Waals surface area contributed by atoms with Crippen LogP contribution in [0.1, 0.15) is 52.4 Å². The molecule has 1 aromatic carbocycles. The molecule has 3 aromatic rings. The van der Waals surface area contributed by atoms with Crippen molar-refractivity contribution in [1.82, 2.24) is 10.3 Å². The zero-order valence-electron chi connectivity index (χ0n) is 20.6. The van der Waals surface area contributed by atoms with Crippen molar-refractivity contribution in [2.75, 3.05) is 29.4 Å². The van der Waals surface area contributed by atoms with Crippen LogP contribution < -0.4 is 15.1 Å². The fourth-order valence-corrected chi connectivity index (χ4v) is 6.27. The van der Waals surface area contributed by atoms with Gasteiger partial charge in [-0.05, 0) is 62.9 Å². The number of aromatic nitrogens is 1. The van der Waals surface area contributed by atoms with E-state index in [-0.39, 0.29) is 24.0 Å². The molecular weight excluding hydrogens is 472 g/mol. The number of amides is 2.